The Hall–Kier alpha value is -1.89. The van der Waals surface area contributed by atoms with Crippen molar-refractivity contribution in [1.29, 1.82) is 0 Å². The number of thioether (sulfide) groups is 1. The van der Waals surface area contributed by atoms with Gasteiger partial charge in [0.05, 0.1) is 12.1 Å². The van der Waals surface area contributed by atoms with Crippen molar-refractivity contribution in [1.82, 2.24) is 15.2 Å². The summed E-state index contributed by atoms with van der Waals surface area (Å²) in [5, 5.41) is 14.5. The molecule has 1 saturated heterocycles. The predicted molar refractivity (Wildman–Crippen MR) is 132 cm³/mol. The molecule has 0 saturated carbocycles. The van der Waals surface area contributed by atoms with Crippen molar-refractivity contribution in [3.8, 4) is 0 Å². The fraction of sp³-hybridized carbons (Fsp3) is 0.538. The van der Waals surface area contributed by atoms with Crippen LogP contribution in [0.4, 0.5) is 0 Å². The number of rotatable bonds is 8. The zero-order chi connectivity index (χ0) is 23.1. The summed E-state index contributed by atoms with van der Waals surface area (Å²) in [4.78, 5) is 20.7. The highest BCUT2D eigenvalue weighted by atomic mass is 32.2. The Morgan fingerprint density at radius 3 is 2.56 bits per heavy atom. The van der Waals surface area contributed by atoms with Crippen LogP contribution in [0.15, 0.2) is 59.8 Å². The highest BCUT2D eigenvalue weighted by molar-refractivity contribution is 8.00. The lowest BCUT2D eigenvalue weighted by Crippen LogP contribution is -2.57. The average molecular weight is 456 g/mol. The van der Waals surface area contributed by atoms with E-state index in [2.05, 4.69) is 34.3 Å². The highest BCUT2D eigenvalue weighted by Gasteiger charge is 2.36. The van der Waals surface area contributed by atoms with Gasteiger partial charge in [-0.2, -0.15) is 0 Å². The first-order valence-corrected chi connectivity index (χ1v) is 12.4. The second kappa shape index (κ2) is 11.3. The molecule has 2 aromatic rings. The van der Waals surface area contributed by atoms with E-state index in [1.165, 1.54) is 10.5 Å². The van der Waals surface area contributed by atoms with Crippen molar-refractivity contribution in [2.75, 3.05) is 13.1 Å². The van der Waals surface area contributed by atoms with E-state index >= 15 is 0 Å². The summed E-state index contributed by atoms with van der Waals surface area (Å²) < 4.78 is 0. The van der Waals surface area contributed by atoms with Crippen LogP contribution in [0, 0.1) is 5.92 Å². The molecule has 4 atom stereocenters. The van der Waals surface area contributed by atoms with Crippen molar-refractivity contribution in [3.63, 3.8) is 0 Å². The quantitative estimate of drug-likeness (QED) is 0.626. The van der Waals surface area contributed by atoms with Crippen LogP contribution in [0.5, 0.6) is 0 Å². The molecule has 5 nitrogen and oxygen atoms in total. The normalized spacial score (nSPS) is 21.7. The number of piperidine rings is 1. The maximum atomic E-state index is 13.2. The molecule has 0 spiro atoms. The SMILES string of the molecule is CC(Cc1ccccc1)C(O)CN1CCC(Sc2ccncc2)CC1C(=O)NC(C)(C)C. The monoisotopic (exact) mass is 455 g/mol. The summed E-state index contributed by atoms with van der Waals surface area (Å²) in [7, 11) is 0. The number of nitrogens with zero attached hydrogens (tertiary/aromatic N) is 2. The smallest absolute Gasteiger partial charge is 0.237 e. The van der Waals surface area contributed by atoms with Crippen molar-refractivity contribution >= 4 is 17.7 Å². The molecule has 1 aliphatic heterocycles. The second-order valence-corrected chi connectivity index (χ2v) is 11.3. The highest BCUT2D eigenvalue weighted by Crippen LogP contribution is 2.33. The van der Waals surface area contributed by atoms with Crippen molar-refractivity contribution in [3.05, 3.63) is 60.4 Å². The van der Waals surface area contributed by atoms with Gasteiger partial charge >= 0.3 is 0 Å². The molecule has 32 heavy (non-hydrogen) atoms. The lowest BCUT2D eigenvalue weighted by atomic mass is 9.93. The number of likely N-dealkylation sites (tertiary alicyclic amines) is 1. The number of hydrogen-bond donors (Lipinski definition) is 2. The van der Waals surface area contributed by atoms with E-state index in [1.54, 1.807) is 0 Å². The van der Waals surface area contributed by atoms with Crippen molar-refractivity contribution < 1.29 is 9.90 Å². The number of benzene rings is 1. The van der Waals surface area contributed by atoms with Crippen LogP contribution in [-0.2, 0) is 11.2 Å². The van der Waals surface area contributed by atoms with Crippen LogP contribution in [0.3, 0.4) is 0 Å². The molecule has 0 radical (unpaired) electrons. The van der Waals surface area contributed by atoms with E-state index in [1.807, 2.05) is 75.3 Å². The van der Waals surface area contributed by atoms with E-state index in [-0.39, 0.29) is 23.4 Å². The maximum absolute atomic E-state index is 13.2. The molecule has 2 N–H and O–H groups in total. The van der Waals surface area contributed by atoms with Gasteiger partial charge in [0.25, 0.3) is 0 Å². The average Bonchev–Trinajstić information content (AvgIpc) is 2.75. The number of aliphatic hydroxyl groups is 1. The third kappa shape index (κ3) is 7.61. The number of amides is 1. The fourth-order valence-corrected chi connectivity index (χ4v) is 5.35. The molecule has 1 aromatic heterocycles. The molecular formula is C26H37N3O2S. The Morgan fingerprint density at radius 1 is 1.22 bits per heavy atom. The van der Waals surface area contributed by atoms with Crippen LogP contribution in [0.2, 0.25) is 0 Å². The minimum atomic E-state index is -0.482. The molecule has 1 amide bonds. The number of carbonyl (C=O) groups excluding carboxylic acids is 1. The maximum Gasteiger partial charge on any atom is 0.237 e. The number of hydrogen-bond acceptors (Lipinski definition) is 5. The lowest BCUT2D eigenvalue weighted by molar-refractivity contribution is -0.129. The molecule has 6 heteroatoms. The molecule has 1 aromatic carbocycles. The molecule has 1 aliphatic rings. The van der Waals surface area contributed by atoms with Gasteiger partial charge in [0.2, 0.25) is 5.91 Å². The first kappa shape index (κ1) is 24.7. The van der Waals surface area contributed by atoms with Crippen LogP contribution < -0.4 is 5.32 Å². The molecule has 4 unspecified atom stereocenters. The van der Waals surface area contributed by atoms with Gasteiger partial charge in [0.15, 0.2) is 0 Å². The molecule has 0 aliphatic carbocycles. The number of aromatic nitrogens is 1. The largest absolute Gasteiger partial charge is 0.392 e. The summed E-state index contributed by atoms with van der Waals surface area (Å²) >= 11 is 1.82. The fourth-order valence-electron chi connectivity index (χ4n) is 4.18. The Kier molecular flexibility index (Phi) is 8.74. The van der Waals surface area contributed by atoms with Crippen LogP contribution in [-0.4, -0.2) is 56.9 Å². The topological polar surface area (TPSA) is 65.5 Å². The van der Waals surface area contributed by atoms with Gasteiger partial charge in [0.1, 0.15) is 0 Å². The van der Waals surface area contributed by atoms with Gasteiger partial charge in [-0.15, -0.1) is 11.8 Å². The van der Waals surface area contributed by atoms with E-state index in [0.717, 1.165) is 25.8 Å². The minimum Gasteiger partial charge on any atom is -0.392 e. The molecule has 0 bridgehead atoms. The van der Waals surface area contributed by atoms with Crippen LogP contribution in [0.1, 0.15) is 46.1 Å². The lowest BCUT2D eigenvalue weighted by Gasteiger charge is -2.41. The number of carbonyl (C=O) groups is 1. The molecule has 2 heterocycles. The van der Waals surface area contributed by atoms with Gasteiger partial charge in [-0.1, -0.05) is 37.3 Å². The summed E-state index contributed by atoms with van der Waals surface area (Å²) in [6.07, 6.45) is 5.73. The van der Waals surface area contributed by atoms with Gasteiger partial charge in [-0.05, 0) is 63.6 Å². The van der Waals surface area contributed by atoms with E-state index in [9.17, 15) is 9.90 Å². The summed E-state index contributed by atoms with van der Waals surface area (Å²) in [5.41, 5.74) is 0.946. The van der Waals surface area contributed by atoms with E-state index in [0.29, 0.717) is 11.8 Å². The number of β-amino-alcohol motifs (C(OH)–C–C–N with tert-alkyl or cyclic N) is 1. The summed E-state index contributed by atoms with van der Waals surface area (Å²) in [6.45, 7) is 9.45. The zero-order valence-electron chi connectivity index (χ0n) is 19.7. The number of nitrogens with one attached hydrogen (secondary N) is 1. The summed E-state index contributed by atoms with van der Waals surface area (Å²) in [5.74, 6) is 0.174. The van der Waals surface area contributed by atoms with Gasteiger partial charge in [-0.3, -0.25) is 14.7 Å². The Morgan fingerprint density at radius 2 is 1.91 bits per heavy atom. The molecular weight excluding hydrogens is 418 g/mol. The third-order valence-electron chi connectivity index (χ3n) is 5.90. The molecule has 3 rings (SSSR count). The second-order valence-electron chi connectivity index (χ2n) is 9.93. The molecule has 174 valence electrons. The van der Waals surface area contributed by atoms with Crippen LogP contribution >= 0.6 is 11.8 Å². The first-order valence-electron chi connectivity index (χ1n) is 11.6. The Bertz CT molecular complexity index is 841. The Balaban J connectivity index is 1.66. The van der Waals surface area contributed by atoms with Crippen LogP contribution in [0.25, 0.3) is 0 Å². The van der Waals surface area contributed by atoms with E-state index < -0.39 is 6.10 Å². The van der Waals surface area contributed by atoms with Crippen molar-refractivity contribution in [2.24, 2.45) is 5.92 Å². The Labute approximate surface area is 197 Å². The summed E-state index contributed by atoms with van der Waals surface area (Å²) in [6, 6.07) is 14.1. The van der Waals surface area contributed by atoms with E-state index in [4.69, 9.17) is 0 Å². The van der Waals surface area contributed by atoms with Gasteiger partial charge in [-0.25, -0.2) is 0 Å². The predicted octanol–water partition coefficient (Wildman–Crippen LogP) is 4.16. The first-order chi connectivity index (χ1) is 15.2. The standard InChI is InChI=1S/C26H37N3O2S/c1-19(16-20-8-6-5-7-9-20)24(30)18-29-15-12-22(32-21-10-13-27-14-11-21)17-23(29)25(31)28-26(2,3)4/h5-11,13-14,19,22-24,30H,12,15-18H2,1-4H3,(H,28,31). The number of aliphatic hydroxyl groups excluding tert-OH is 1. The third-order valence-corrected chi connectivity index (χ3v) is 7.20. The zero-order valence-corrected chi connectivity index (χ0v) is 20.5. The number of pyridine rings is 1. The molecule has 1 fully saturated rings. The van der Waals surface area contributed by atoms with Gasteiger partial charge < -0.3 is 10.4 Å². The van der Waals surface area contributed by atoms with Gasteiger partial charge in [0, 0.05) is 41.2 Å². The minimum absolute atomic E-state index is 0.0560. The van der Waals surface area contributed by atoms with Crippen molar-refractivity contribution in [2.45, 2.75) is 74.8 Å².